The van der Waals surface area contributed by atoms with Crippen molar-refractivity contribution in [1.29, 1.82) is 0 Å². The Balaban J connectivity index is 1.47. The van der Waals surface area contributed by atoms with Crippen molar-refractivity contribution < 1.29 is 14.0 Å². The lowest BCUT2D eigenvalue weighted by atomic mass is 9.89. The van der Waals surface area contributed by atoms with Gasteiger partial charge in [0, 0.05) is 56.7 Å². The fraction of sp³-hybridized carbons (Fsp3) is 0.409. The number of hydrogen-bond acceptors (Lipinski definition) is 3. The fourth-order valence-electron chi connectivity index (χ4n) is 4.63. The second-order valence-electron chi connectivity index (χ2n) is 7.71. The van der Waals surface area contributed by atoms with Crippen molar-refractivity contribution in [1.82, 2.24) is 14.8 Å². The van der Waals surface area contributed by atoms with Crippen LogP contribution in [0, 0.1) is 17.7 Å². The number of aryl methyl sites for hydroxylation is 1. The third kappa shape index (κ3) is 3.63. The van der Waals surface area contributed by atoms with Crippen LogP contribution in [-0.4, -0.2) is 46.2 Å². The van der Waals surface area contributed by atoms with Gasteiger partial charge in [0.1, 0.15) is 5.82 Å². The number of amides is 2. The number of nitrogens with zero attached hydrogens (tertiary/aromatic N) is 3. The first-order valence-corrected chi connectivity index (χ1v) is 9.73. The van der Waals surface area contributed by atoms with Gasteiger partial charge in [0.05, 0.1) is 6.04 Å². The van der Waals surface area contributed by atoms with Crippen LogP contribution in [0.4, 0.5) is 4.39 Å². The van der Waals surface area contributed by atoms with E-state index in [0.29, 0.717) is 32.5 Å². The Morgan fingerprint density at radius 1 is 1.14 bits per heavy atom. The molecule has 4 rings (SSSR count). The van der Waals surface area contributed by atoms with Gasteiger partial charge in [-0.1, -0.05) is 18.2 Å². The second kappa shape index (κ2) is 7.70. The Morgan fingerprint density at radius 2 is 2.00 bits per heavy atom. The van der Waals surface area contributed by atoms with Gasteiger partial charge in [-0.3, -0.25) is 14.6 Å². The van der Waals surface area contributed by atoms with Crippen molar-refractivity contribution in [3.05, 3.63) is 65.7 Å². The van der Waals surface area contributed by atoms with E-state index < -0.39 is 0 Å². The maximum absolute atomic E-state index is 13.8. The lowest BCUT2D eigenvalue weighted by Gasteiger charge is -2.29. The van der Waals surface area contributed by atoms with Gasteiger partial charge in [0.25, 0.3) is 0 Å². The molecule has 2 fully saturated rings. The molecule has 1 aromatic carbocycles. The molecule has 0 aliphatic carbocycles. The quantitative estimate of drug-likeness (QED) is 0.818. The highest BCUT2D eigenvalue weighted by molar-refractivity contribution is 5.77. The summed E-state index contributed by atoms with van der Waals surface area (Å²) in [6, 6.07) is 12.0. The third-order valence-corrected chi connectivity index (χ3v) is 5.93. The monoisotopic (exact) mass is 381 g/mol. The number of fused-ring (bicyclic) bond motifs is 1. The summed E-state index contributed by atoms with van der Waals surface area (Å²) >= 11 is 0. The van der Waals surface area contributed by atoms with Gasteiger partial charge in [0.2, 0.25) is 11.8 Å². The molecule has 6 heteroatoms. The number of hydrogen-bond donors (Lipinski definition) is 0. The zero-order valence-corrected chi connectivity index (χ0v) is 15.9. The lowest BCUT2D eigenvalue weighted by Crippen LogP contribution is -2.36. The molecular formula is C22H24FN3O2. The molecule has 5 nitrogen and oxygen atoms in total. The molecule has 1 aromatic heterocycles. The molecule has 3 heterocycles. The van der Waals surface area contributed by atoms with E-state index in [9.17, 15) is 14.0 Å². The first-order valence-electron chi connectivity index (χ1n) is 9.73. The molecule has 2 amide bonds. The highest BCUT2D eigenvalue weighted by Gasteiger charge is 2.49. The Kier molecular flexibility index (Phi) is 5.11. The molecule has 0 radical (unpaired) electrons. The topological polar surface area (TPSA) is 53.5 Å². The summed E-state index contributed by atoms with van der Waals surface area (Å²) in [5.74, 6) is 0.190. The Labute approximate surface area is 164 Å². The number of aromatic nitrogens is 1. The molecule has 0 bridgehead atoms. The van der Waals surface area contributed by atoms with E-state index in [0.717, 1.165) is 11.3 Å². The largest absolute Gasteiger partial charge is 0.342 e. The summed E-state index contributed by atoms with van der Waals surface area (Å²) < 4.78 is 13.8. The number of likely N-dealkylation sites (tertiary alicyclic amines) is 2. The standard InChI is InChI=1S/C22H24FN3O2/c1-15(27)26-13-17-12-25(21(28)9-8-19-7-2-3-10-24-19)14-20(17)22(26)16-5-4-6-18(23)11-16/h2-7,10-11,17,20,22H,8-9,12-14H2,1H3/t17-,20-,22-/m1/s1. The Hall–Kier alpha value is -2.76. The first kappa shape index (κ1) is 18.6. The number of carbonyl (C=O) groups is 2. The number of rotatable bonds is 4. The predicted molar refractivity (Wildman–Crippen MR) is 103 cm³/mol. The van der Waals surface area contributed by atoms with Crippen LogP contribution < -0.4 is 0 Å². The zero-order chi connectivity index (χ0) is 19.7. The molecule has 2 aliphatic heterocycles. The summed E-state index contributed by atoms with van der Waals surface area (Å²) in [5, 5.41) is 0. The van der Waals surface area contributed by atoms with Gasteiger partial charge in [-0.15, -0.1) is 0 Å². The van der Waals surface area contributed by atoms with Crippen molar-refractivity contribution in [2.45, 2.75) is 25.8 Å². The van der Waals surface area contributed by atoms with Crippen LogP contribution in [0.2, 0.25) is 0 Å². The SMILES string of the molecule is CC(=O)N1C[C@H]2CN(C(=O)CCc3ccccn3)C[C@H]2[C@H]1c1cccc(F)c1. The van der Waals surface area contributed by atoms with Crippen molar-refractivity contribution in [3.63, 3.8) is 0 Å². The molecular weight excluding hydrogens is 357 g/mol. The number of halogens is 1. The van der Waals surface area contributed by atoms with Crippen molar-refractivity contribution in [3.8, 4) is 0 Å². The summed E-state index contributed by atoms with van der Waals surface area (Å²) in [6.07, 6.45) is 2.79. The highest BCUT2D eigenvalue weighted by Crippen LogP contribution is 2.45. The third-order valence-electron chi connectivity index (χ3n) is 5.93. The summed E-state index contributed by atoms with van der Waals surface area (Å²) in [6.45, 7) is 3.44. The summed E-state index contributed by atoms with van der Waals surface area (Å²) in [4.78, 5) is 32.9. The average Bonchev–Trinajstić information content (AvgIpc) is 3.25. The molecule has 0 saturated carbocycles. The first-order chi connectivity index (χ1) is 13.5. The minimum absolute atomic E-state index is 0.00307. The Bertz CT molecular complexity index is 873. The van der Waals surface area contributed by atoms with E-state index in [4.69, 9.17) is 0 Å². The minimum Gasteiger partial charge on any atom is -0.342 e. The molecule has 2 aliphatic rings. The molecule has 2 aromatic rings. The number of carbonyl (C=O) groups excluding carboxylic acids is 2. The summed E-state index contributed by atoms with van der Waals surface area (Å²) in [7, 11) is 0. The average molecular weight is 381 g/mol. The molecule has 0 spiro atoms. The fourth-order valence-corrected chi connectivity index (χ4v) is 4.63. The lowest BCUT2D eigenvalue weighted by molar-refractivity contribution is -0.131. The van der Waals surface area contributed by atoms with Gasteiger partial charge in [-0.05, 0) is 36.2 Å². The molecule has 3 atom stereocenters. The molecule has 28 heavy (non-hydrogen) atoms. The van der Waals surface area contributed by atoms with E-state index in [1.54, 1.807) is 19.2 Å². The highest BCUT2D eigenvalue weighted by atomic mass is 19.1. The van der Waals surface area contributed by atoms with Crippen LogP contribution in [-0.2, 0) is 16.0 Å². The van der Waals surface area contributed by atoms with E-state index >= 15 is 0 Å². The van der Waals surface area contributed by atoms with Crippen LogP contribution in [0.1, 0.15) is 30.6 Å². The Morgan fingerprint density at radius 3 is 2.71 bits per heavy atom. The van der Waals surface area contributed by atoms with E-state index in [-0.39, 0.29) is 35.5 Å². The van der Waals surface area contributed by atoms with Crippen LogP contribution >= 0.6 is 0 Å². The van der Waals surface area contributed by atoms with Gasteiger partial charge in [0.15, 0.2) is 0 Å². The summed E-state index contributed by atoms with van der Waals surface area (Å²) in [5.41, 5.74) is 1.72. The van der Waals surface area contributed by atoms with Crippen molar-refractivity contribution >= 4 is 11.8 Å². The number of benzene rings is 1. The van der Waals surface area contributed by atoms with Crippen LogP contribution in [0.25, 0.3) is 0 Å². The normalized spacial score (nSPS) is 23.7. The van der Waals surface area contributed by atoms with Gasteiger partial charge >= 0.3 is 0 Å². The zero-order valence-electron chi connectivity index (χ0n) is 15.9. The minimum atomic E-state index is -0.300. The maximum atomic E-state index is 13.8. The number of pyridine rings is 1. The maximum Gasteiger partial charge on any atom is 0.222 e. The smallest absolute Gasteiger partial charge is 0.222 e. The second-order valence-corrected chi connectivity index (χ2v) is 7.71. The van der Waals surface area contributed by atoms with Gasteiger partial charge in [-0.2, -0.15) is 0 Å². The molecule has 146 valence electrons. The van der Waals surface area contributed by atoms with Gasteiger partial charge in [-0.25, -0.2) is 4.39 Å². The molecule has 0 N–H and O–H groups in total. The van der Waals surface area contributed by atoms with Crippen LogP contribution in [0.3, 0.4) is 0 Å². The molecule has 2 saturated heterocycles. The van der Waals surface area contributed by atoms with E-state index in [2.05, 4.69) is 4.98 Å². The van der Waals surface area contributed by atoms with Crippen molar-refractivity contribution in [2.24, 2.45) is 11.8 Å². The van der Waals surface area contributed by atoms with Crippen molar-refractivity contribution in [2.75, 3.05) is 19.6 Å². The predicted octanol–water partition coefficient (Wildman–Crippen LogP) is 2.83. The van der Waals surface area contributed by atoms with Crippen LogP contribution in [0.15, 0.2) is 48.7 Å². The molecule has 0 unspecified atom stereocenters. The van der Waals surface area contributed by atoms with Crippen LogP contribution in [0.5, 0.6) is 0 Å². The van der Waals surface area contributed by atoms with Gasteiger partial charge < -0.3 is 9.80 Å². The van der Waals surface area contributed by atoms with E-state index in [1.165, 1.54) is 12.1 Å². The van der Waals surface area contributed by atoms with E-state index in [1.807, 2.05) is 34.1 Å².